The van der Waals surface area contributed by atoms with Crippen molar-refractivity contribution in [3.05, 3.63) is 81.5 Å². The third-order valence-electron chi connectivity index (χ3n) is 4.41. The number of pyridine rings is 1. The predicted molar refractivity (Wildman–Crippen MR) is 106 cm³/mol. The van der Waals surface area contributed by atoms with E-state index in [9.17, 15) is 23.1 Å². The minimum Gasteiger partial charge on any atom is -0.369 e. The Morgan fingerprint density at radius 1 is 1.14 bits per heavy atom. The van der Waals surface area contributed by atoms with Crippen molar-refractivity contribution in [2.75, 3.05) is 5.32 Å². The molecule has 1 atom stereocenters. The molecular weight excluding hydrogens is 403 g/mol. The van der Waals surface area contributed by atoms with Crippen molar-refractivity contribution < 1.29 is 18.3 Å². The number of aliphatic hydroxyl groups excluding tert-OH is 1. The maximum absolute atomic E-state index is 13.4. The quantitative estimate of drug-likeness (QED) is 0.418. The average molecular weight is 417 g/mol. The van der Waals surface area contributed by atoms with Gasteiger partial charge in [0.05, 0.1) is 16.8 Å². The Morgan fingerprint density at radius 2 is 1.93 bits per heavy atom. The number of aromatic amines is 1. The number of nitrogens with zero attached hydrogens (tertiary/aromatic N) is 1. The number of hydrogen-bond donors (Lipinski definition) is 3. The number of hydrogen-bond acceptors (Lipinski definition) is 5. The molecule has 0 saturated carbocycles. The molecule has 5 nitrogen and oxygen atoms in total. The third kappa shape index (κ3) is 3.74. The van der Waals surface area contributed by atoms with Crippen LogP contribution in [0.1, 0.15) is 17.4 Å². The van der Waals surface area contributed by atoms with Gasteiger partial charge in [0, 0.05) is 34.2 Å². The third-order valence-corrected chi connectivity index (χ3v) is 5.11. The van der Waals surface area contributed by atoms with Crippen molar-refractivity contribution in [1.82, 2.24) is 9.97 Å². The first-order valence-electron chi connectivity index (χ1n) is 8.51. The number of aliphatic hydroxyl groups is 1. The summed E-state index contributed by atoms with van der Waals surface area (Å²) in [6, 6.07) is 10.9. The normalized spacial score (nSPS) is 12.8. The summed E-state index contributed by atoms with van der Waals surface area (Å²) in [5.41, 5.74) is -0.854. The van der Waals surface area contributed by atoms with Gasteiger partial charge in [-0.15, -0.1) is 11.3 Å². The highest BCUT2D eigenvalue weighted by atomic mass is 32.1. The molecule has 0 amide bonds. The molecule has 2 heterocycles. The first-order valence-corrected chi connectivity index (χ1v) is 9.39. The summed E-state index contributed by atoms with van der Waals surface area (Å²) in [6.45, 7) is 0. The average Bonchev–Trinajstić information content (AvgIpc) is 3.20. The van der Waals surface area contributed by atoms with Gasteiger partial charge >= 0.3 is 6.18 Å². The lowest BCUT2D eigenvalue weighted by Crippen LogP contribution is -2.13. The zero-order valence-corrected chi connectivity index (χ0v) is 15.5. The van der Waals surface area contributed by atoms with Crippen LogP contribution in [0.3, 0.4) is 0 Å². The molecule has 1 unspecified atom stereocenters. The second kappa shape index (κ2) is 7.34. The number of anilines is 1. The molecule has 0 aliphatic carbocycles. The maximum atomic E-state index is 13.4. The molecule has 2 aromatic carbocycles. The van der Waals surface area contributed by atoms with Crippen LogP contribution in [-0.4, -0.2) is 15.1 Å². The molecule has 0 aliphatic rings. The number of rotatable bonds is 4. The van der Waals surface area contributed by atoms with E-state index in [1.54, 1.807) is 29.8 Å². The van der Waals surface area contributed by atoms with E-state index < -0.39 is 23.4 Å². The highest BCUT2D eigenvalue weighted by molar-refractivity contribution is 7.13. The molecule has 2 aromatic heterocycles. The van der Waals surface area contributed by atoms with Crippen LogP contribution in [0.15, 0.2) is 64.9 Å². The zero-order chi connectivity index (χ0) is 20.6. The molecule has 29 heavy (non-hydrogen) atoms. The van der Waals surface area contributed by atoms with Gasteiger partial charge in [-0.2, -0.15) is 13.2 Å². The largest absolute Gasteiger partial charge is 0.417 e. The Morgan fingerprint density at radius 3 is 2.66 bits per heavy atom. The number of thiazole rings is 1. The summed E-state index contributed by atoms with van der Waals surface area (Å²) in [5.74, 6) is 0. The summed E-state index contributed by atoms with van der Waals surface area (Å²) in [6.07, 6.45) is -4.22. The predicted octanol–water partition coefficient (Wildman–Crippen LogP) is 4.77. The molecule has 0 radical (unpaired) electrons. The van der Waals surface area contributed by atoms with E-state index in [0.29, 0.717) is 10.7 Å². The number of aromatic nitrogens is 2. The van der Waals surface area contributed by atoms with E-state index in [2.05, 4.69) is 15.3 Å². The number of halogens is 3. The topological polar surface area (TPSA) is 78.0 Å². The van der Waals surface area contributed by atoms with Crippen LogP contribution in [-0.2, 0) is 6.18 Å². The molecule has 0 fully saturated rings. The van der Waals surface area contributed by atoms with Crippen molar-refractivity contribution in [2.24, 2.45) is 0 Å². The minimum absolute atomic E-state index is 0.0179. The standard InChI is InChI=1S/C20H14F3N3O2S/c21-20(22,23)14-7-2-1-4-11(14)15-10-16(27)12-5-3-6-13(17(12)25-15)18(28)26-19-24-8-9-29-19/h1-10,18,28H,(H,24,26)(H,25,27). The van der Waals surface area contributed by atoms with E-state index in [1.165, 1.54) is 29.5 Å². The first-order chi connectivity index (χ1) is 13.8. The second-order valence-electron chi connectivity index (χ2n) is 6.24. The number of H-pyrrole nitrogens is 1. The van der Waals surface area contributed by atoms with Gasteiger partial charge in [-0.05, 0) is 12.1 Å². The van der Waals surface area contributed by atoms with Gasteiger partial charge in [0.15, 0.2) is 16.8 Å². The first kappa shape index (κ1) is 19.2. The van der Waals surface area contributed by atoms with Gasteiger partial charge < -0.3 is 15.4 Å². The molecule has 0 saturated heterocycles. The lowest BCUT2D eigenvalue weighted by Gasteiger charge is -2.17. The molecule has 4 aromatic rings. The van der Waals surface area contributed by atoms with Crippen molar-refractivity contribution >= 4 is 27.4 Å². The van der Waals surface area contributed by atoms with Crippen molar-refractivity contribution in [3.8, 4) is 11.3 Å². The number of fused-ring (bicyclic) bond motifs is 1. The summed E-state index contributed by atoms with van der Waals surface area (Å²) in [5, 5.41) is 15.8. The van der Waals surface area contributed by atoms with Gasteiger partial charge in [0.1, 0.15) is 0 Å². The lowest BCUT2D eigenvalue weighted by molar-refractivity contribution is -0.137. The van der Waals surface area contributed by atoms with Crippen LogP contribution in [0, 0.1) is 0 Å². The molecule has 148 valence electrons. The fraction of sp³-hybridized carbons (Fsp3) is 0.100. The Labute approximate surface area is 166 Å². The van der Waals surface area contributed by atoms with Gasteiger partial charge in [-0.1, -0.05) is 30.3 Å². The van der Waals surface area contributed by atoms with Crippen LogP contribution < -0.4 is 10.7 Å². The van der Waals surface area contributed by atoms with E-state index in [-0.39, 0.29) is 22.2 Å². The van der Waals surface area contributed by atoms with E-state index in [0.717, 1.165) is 12.1 Å². The van der Waals surface area contributed by atoms with Crippen molar-refractivity contribution in [1.29, 1.82) is 0 Å². The number of benzene rings is 2. The smallest absolute Gasteiger partial charge is 0.369 e. The summed E-state index contributed by atoms with van der Waals surface area (Å²) < 4.78 is 40.3. The fourth-order valence-corrected chi connectivity index (χ4v) is 3.67. The molecule has 3 N–H and O–H groups in total. The van der Waals surface area contributed by atoms with Crippen LogP contribution >= 0.6 is 11.3 Å². The SMILES string of the molecule is O=c1cc(-c2ccccc2C(F)(F)F)[nH]c2c(C(O)Nc3nccs3)cccc12. The minimum atomic E-state index is -4.58. The van der Waals surface area contributed by atoms with Gasteiger partial charge in [0.2, 0.25) is 0 Å². The number of para-hydroxylation sites is 1. The van der Waals surface area contributed by atoms with Crippen molar-refractivity contribution in [2.45, 2.75) is 12.4 Å². The molecule has 9 heteroatoms. The molecule has 4 rings (SSSR count). The summed E-state index contributed by atoms with van der Waals surface area (Å²) >= 11 is 1.28. The monoisotopic (exact) mass is 417 g/mol. The van der Waals surface area contributed by atoms with Gasteiger partial charge in [-0.3, -0.25) is 4.79 Å². The number of alkyl halides is 3. The number of nitrogens with one attached hydrogen (secondary N) is 2. The Kier molecular flexibility index (Phi) is 4.85. The molecular formula is C20H14F3N3O2S. The summed E-state index contributed by atoms with van der Waals surface area (Å²) in [7, 11) is 0. The fourth-order valence-electron chi connectivity index (χ4n) is 3.12. The second-order valence-corrected chi connectivity index (χ2v) is 7.14. The van der Waals surface area contributed by atoms with Crippen LogP contribution in [0.2, 0.25) is 0 Å². The van der Waals surface area contributed by atoms with Gasteiger partial charge in [0.25, 0.3) is 0 Å². The highest BCUT2D eigenvalue weighted by Crippen LogP contribution is 2.36. The van der Waals surface area contributed by atoms with Gasteiger partial charge in [-0.25, -0.2) is 4.98 Å². The van der Waals surface area contributed by atoms with Crippen molar-refractivity contribution in [3.63, 3.8) is 0 Å². The molecule has 0 bridgehead atoms. The molecule has 0 spiro atoms. The Balaban J connectivity index is 1.88. The maximum Gasteiger partial charge on any atom is 0.417 e. The van der Waals surface area contributed by atoms with E-state index >= 15 is 0 Å². The molecule has 0 aliphatic heterocycles. The lowest BCUT2D eigenvalue weighted by atomic mass is 10.0. The Bertz CT molecular complexity index is 1220. The zero-order valence-electron chi connectivity index (χ0n) is 14.7. The van der Waals surface area contributed by atoms with E-state index in [1.807, 2.05) is 0 Å². The van der Waals surface area contributed by atoms with Crippen LogP contribution in [0.25, 0.3) is 22.2 Å². The highest BCUT2D eigenvalue weighted by Gasteiger charge is 2.33. The van der Waals surface area contributed by atoms with Crippen LogP contribution in [0.5, 0.6) is 0 Å². The van der Waals surface area contributed by atoms with E-state index in [4.69, 9.17) is 0 Å². The van der Waals surface area contributed by atoms with Crippen LogP contribution in [0.4, 0.5) is 18.3 Å². The Hall–Kier alpha value is -3.17. The summed E-state index contributed by atoms with van der Waals surface area (Å²) in [4.78, 5) is 19.6.